The van der Waals surface area contributed by atoms with Gasteiger partial charge >= 0.3 is 0 Å². The van der Waals surface area contributed by atoms with E-state index in [-0.39, 0.29) is 11.2 Å². The Balaban J connectivity index is 1.74. The number of carbonyl (C=O) groups excluding carboxylic acids is 1. The lowest BCUT2D eigenvalue weighted by Crippen LogP contribution is -2.36. The molecule has 152 valence electrons. The molecule has 29 heavy (non-hydrogen) atoms. The number of aryl methyl sites for hydroxylation is 1. The molecule has 4 heteroatoms. The molecule has 3 nitrogen and oxygen atoms in total. The van der Waals surface area contributed by atoms with Crippen LogP contribution in [0.4, 0.5) is 0 Å². The van der Waals surface area contributed by atoms with Gasteiger partial charge in [-0.1, -0.05) is 54.6 Å². The maximum absolute atomic E-state index is 12.3. The van der Waals surface area contributed by atoms with Crippen LogP contribution in [0.5, 0.6) is 0 Å². The van der Waals surface area contributed by atoms with Crippen LogP contribution in [0, 0.1) is 11.3 Å². The predicted molar refractivity (Wildman–Crippen MR) is 123 cm³/mol. The fourth-order valence-electron chi connectivity index (χ4n) is 4.80. The topological polar surface area (TPSA) is 31.2 Å². The lowest BCUT2D eigenvalue weighted by Gasteiger charge is -2.41. The van der Waals surface area contributed by atoms with Crippen molar-refractivity contribution in [3.63, 3.8) is 0 Å². The van der Waals surface area contributed by atoms with E-state index < -0.39 is 0 Å². The molecule has 3 aromatic rings. The van der Waals surface area contributed by atoms with E-state index in [1.165, 1.54) is 27.4 Å². The number of ketones is 1. The van der Waals surface area contributed by atoms with Crippen molar-refractivity contribution in [1.82, 2.24) is 4.57 Å². The number of allylic oxidation sites excluding steroid dienone is 1. The minimum atomic E-state index is -0.136. The number of ether oxygens (including phenoxy) is 1. The molecule has 1 aliphatic rings. The molecular weight excluding hydrogens is 426 g/mol. The van der Waals surface area contributed by atoms with E-state index in [2.05, 4.69) is 77.3 Å². The number of aromatic nitrogens is 1. The summed E-state index contributed by atoms with van der Waals surface area (Å²) in [7, 11) is 1.73. The van der Waals surface area contributed by atoms with E-state index in [4.69, 9.17) is 4.74 Å². The highest BCUT2D eigenvalue weighted by atomic mass is 79.9. The number of Topliss-reactive ketones (excluding diaryl/α,β-unsaturated/α-hetero) is 1. The first kappa shape index (κ1) is 20.4. The van der Waals surface area contributed by atoms with Gasteiger partial charge in [-0.05, 0) is 59.9 Å². The summed E-state index contributed by atoms with van der Waals surface area (Å²) in [5.41, 5.74) is 4.30. The number of carbonyl (C=O) groups is 1. The van der Waals surface area contributed by atoms with Crippen molar-refractivity contribution in [2.45, 2.75) is 46.3 Å². The highest BCUT2D eigenvalue weighted by Crippen LogP contribution is 2.46. The van der Waals surface area contributed by atoms with Crippen molar-refractivity contribution in [2.24, 2.45) is 11.3 Å². The van der Waals surface area contributed by atoms with Gasteiger partial charge in [-0.2, -0.15) is 0 Å². The molecule has 0 unspecified atom stereocenters. The maximum atomic E-state index is 12.3. The van der Waals surface area contributed by atoms with Gasteiger partial charge in [-0.3, -0.25) is 4.79 Å². The average Bonchev–Trinajstić information content (AvgIpc) is 3.01. The smallest absolute Gasteiger partial charge is 0.158 e. The molecule has 4 rings (SSSR count). The molecule has 0 spiro atoms. The minimum Gasteiger partial charge on any atom is -0.364 e. The van der Waals surface area contributed by atoms with E-state index in [9.17, 15) is 4.79 Å². The van der Waals surface area contributed by atoms with Crippen molar-refractivity contribution in [3.05, 3.63) is 58.6 Å². The van der Waals surface area contributed by atoms with Crippen LogP contribution in [0.25, 0.3) is 21.8 Å². The van der Waals surface area contributed by atoms with E-state index in [0.717, 1.165) is 29.3 Å². The number of hydrogen-bond donors (Lipinski definition) is 0. The van der Waals surface area contributed by atoms with Gasteiger partial charge in [0.1, 0.15) is 6.73 Å². The number of fused-ring (bicyclic) bond motifs is 3. The van der Waals surface area contributed by atoms with E-state index in [0.29, 0.717) is 19.1 Å². The van der Waals surface area contributed by atoms with Crippen LogP contribution in [-0.2, 0) is 22.7 Å². The molecule has 0 radical (unpaired) electrons. The van der Waals surface area contributed by atoms with Gasteiger partial charge in [0.15, 0.2) is 5.78 Å². The van der Waals surface area contributed by atoms with Gasteiger partial charge in [0, 0.05) is 28.8 Å². The second-order valence-corrected chi connectivity index (χ2v) is 9.44. The summed E-state index contributed by atoms with van der Waals surface area (Å²) in [5.74, 6) is 0.704. The molecule has 1 saturated carbocycles. The number of para-hydroxylation sites is 1. The second kappa shape index (κ2) is 7.73. The number of halogens is 1. The largest absolute Gasteiger partial charge is 0.364 e. The summed E-state index contributed by atoms with van der Waals surface area (Å²) < 4.78 is 8.84. The summed E-state index contributed by atoms with van der Waals surface area (Å²) in [6.45, 7) is 9.16. The summed E-state index contributed by atoms with van der Waals surface area (Å²) in [6, 6.07) is 13.0. The first-order valence-electron chi connectivity index (χ1n) is 10.3. The monoisotopic (exact) mass is 453 g/mol. The van der Waals surface area contributed by atoms with Crippen LogP contribution >= 0.6 is 15.9 Å². The third-order valence-electron chi connectivity index (χ3n) is 7.03. The van der Waals surface area contributed by atoms with Gasteiger partial charge < -0.3 is 9.30 Å². The quantitative estimate of drug-likeness (QED) is 0.404. The summed E-state index contributed by atoms with van der Waals surface area (Å²) in [4.78, 5) is 12.3. The summed E-state index contributed by atoms with van der Waals surface area (Å²) >= 11 is 3.81. The lowest BCUT2D eigenvalue weighted by atomic mass is 9.63. The number of benzene rings is 2. The minimum absolute atomic E-state index is 0.136. The van der Waals surface area contributed by atoms with Gasteiger partial charge in [0.05, 0.1) is 11.0 Å². The third kappa shape index (κ3) is 3.36. The molecular formula is C25H28BrNO2. The van der Waals surface area contributed by atoms with Crippen molar-refractivity contribution in [3.8, 4) is 0 Å². The Labute approximate surface area is 180 Å². The highest BCUT2D eigenvalue weighted by Gasteiger charge is 2.40. The molecule has 1 aromatic heterocycles. The Hall–Kier alpha value is -1.91. The first-order chi connectivity index (χ1) is 13.9. The number of methoxy groups -OCH3 is 1. The SMILES string of the molecule is C=C1C(=O)CC[C@@H](C)[C@]1(C)CCc1cc2c(cc1Br)c1ccccc1n2COC. The first-order valence-corrected chi connectivity index (χ1v) is 11.1. The van der Waals surface area contributed by atoms with E-state index in [1.54, 1.807) is 7.11 Å². The highest BCUT2D eigenvalue weighted by molar-refractivity contribution is 9.10. The number of hydrogen-bond acceptors (Lipinski definition) is 2. The van der Waals surface area contributed by atoms with Gasteiger partial charge in [0.2, 0.25) is 0 Å². The standard InChI is InChI=1S/C25H28BrNO2/c1-16-9-10-24(28)17(2)25(16,3)12-11-18-13-23-20(14-21(18)26)19-7-5-6-8-22(19)27(23)15-29-4/h5-8,13-14,16H,2,9-12,15H2,1,3-4H3/t16-,25+/m1/s1. The van der Waals surface area contributed by atoms with Crippen LogP contribution < -0.4 is 0 Å². The van der Waals surface area contributed by atoms with Crippen molar-refractivity contribution in [2.75, 3.05) is 7.11 Å². The van der Waals surface area contributed by atoms with Crippen LogP contribution in [0.2, 0.25) is 0 Å². The van der Waals surface area contributed by atoms with Crippen LogP contribution in [-0.4, -0.2) is 17.5 Å². The normalized spacial score (nSPS) is 22.7. The van der Waals surface area contributed by atoms with Crippen LogP contribution in [0.1, 0.15) is 38.7 Å². The second-order valence-electron chi connectivity index (χ2n) is 8.58. The molecule has 1 aliphatic carbocycles. The van der Waals surface area contributed by atoms with Gasteiger partial charge in [-0.15, -0.1) is 0 Å². The summed E-state index contributed by atoms with van der Waals surface area (Å²) in [5, 5.41) is 2.46. The number of rotatable bonds is 5. The Morgan fingerprint density at radius 3 is 2.76 bits per heavy atom. The Bertz CT molecular complexity index is 1110. The Morgan fingerprint density at radius 1 is 1.24 bits per heavy atom. The molecule has 0 bridgehead atoms. The van der Waals surface area contributed by atoms with Crippen molar-refractivity contribution >= 4 is 43.5 Å². The molecule has 0 saturated heterocycles. The molecule has 0 amide bonds. The van der Waals surface area contributed by atoms with Crippen LogP contribution in [0.15, 0.2) is 53.0 Å². The summed E-state index contributed by atoms with van der Waals surface area (Å²) in [6.07, 6.45) is 3.42. The molecule has 1 fully saturated rings. The van der Waals surface area contributed by atoms with Crippen molar-refractivity contribution < 1.29 is 9.53 Å². The zero-order valence-electron chi connectivity index (χ0n) is 17.4. The molecule has 2 atom stereocenters. The lowest BCUT2D eigenvalue weighted by molar-refractivity contribution is -0.119. The zero-order chi connectivity index (χ0) is 20.8. The Morgan fingerprint density at radius 2 is 2.00 bits per heavy atom. The molecule has 1 heterocycles. The fraction of sp³-hybridized carbons (Fsp3) is 0.400. The third-order valence-corrected chi connectivity index (χ3v) is 7.77. The Kier molecular flexibility index (Phi) is 5.43. The predicted octanol–water partition coefficient (Wildman–Crippen LogP) is 6.66. The average molecular weight is 454 g/mol. The van der Waals surface area contributed by atoms with E-state index in [1.807, 2.05) is 0 Å². The molecule has 0 aliphatic heterocycles. The maximum Gasteiger partial charge on any atom is 0.158 e. The zero-order valence-corrected chi connectivity index (χ0v) is 19.0. The van der Waals surface area contributed by atoms with Gasteiger partial charge in [-0.25, -0.2) is 0 Å². The van der Waals surface area contributed by atoms with E-state index >= 15 is 0 Å². The van der Waals surface area contributed by atoms with Crippen LogP contribution in [0.3, 0.4) is 0 Å². The number of nitrogens with zero attached hydrogens (tertiary/aromatic N) is 1. The fourth-order valence-corrected chi connectivity index (χ4v) is 5.34. The van der Waals surface area contributed by atoms with Gasteiger partial charge in [0.25, 0.3) is 0 Å². The van der Waals surface area contributed by atoms with Crippen molar-refractivity contribution in [1.29, 1.82) is 0 Å². The molecule has 2 aromatic carbocycles. The molecule has 0 N–H and O–H groups in total.